The van der Waals surface area contributed by atoms with Crippen LogP contribution in [-0.4, -0.2) is 25.8 Å². The summed E-state index contributed by atoms with van der Waals surface area (Å²) in [4.78, 5) is 11.3. The number of hydrogen-bond donors (Lipinski definition) is 0. The van der Waals surface area contributed by atoms with Crippen LogP contribution in [0.1, 0.15) is 51.4 Å². The quantitative estimate of drug-likeness (QED) is 0.481. The lowest BCUT2D eigenvalue weighted by Crippen LogP contribution is -2.06. The molecule has 0 N–H and O–H groups in total. The molecule has 1 aliphatic heterocycles. The monoisotopic (exact) mass is 240 g/mol. The molecule has 1 aliphatic rings. The van der Waals surface area contributed by atoms with Crippen LogP contribution < -0.4 is 0 Å². The van der Waals surface area contributed by atoms with Crippen LogP contribution in [0.3, 0.4) is 0 Å². The maximum absolute atomic E-state index is 11.3. The van der Waals surface area contributed by atoms with E-state index >= 15 is 0 Å². The summed E-state index contributed by atoms with van der Waals surface area (Å²) in [6, 6.07) is 0. The van der Waals surface area contributed by atoms with Gasteiger partial charge >= 0.3 is 5.97 Å². The summed E-state index contributed by atoms with van der Waals surface area (Å²) in [7, 11) is 0. The summed E-state index contributed by atoms with van der Waals surface area (Å²) in [5.41, 5.74) is 0. The molecular formula is C14H24O3. The van der Waals surface area contributed by atoms with Gasteiger partial charge < -0.3 is 9.47 Å². The lowest BCUT2D eigenvalue weighted by molar-refractivity contribution is -0.143. The minimum absolute atomic E-state index is 0.0635. The highest BCUT2D eigenvalue weighted by molar-refractivity contribution is 5.69. The SMILES string of the molecule is O=C1CCC/C=C/CCCCOCCCCO1. The van der Waals surface area contributed by atoms with E-state index < -0.39 is 0 Å². The molecule has 98 valence electrons. The van der Waals surface area contributed by atoms with Gasteiger partial charge in [0.05, 0.1) is 6.61 Å². The first-order valence-corrected chi connectivity index (χ1v) is 6.78. The molecule has 0 unspecified atom stereocenters. The Labute approximate surface area is 104 Å². The second-order valence-corrected chi connectivity index (χ2v) is 4.40. The smallest absolute Gasteiger partial charge is 0.305 e. The summed E-state index contributed by atoms with van der Waals surface area (Å²) < 4.78 is 10.6. The van der Waals surface area contributed by atoms with E-state index in [0.29, 0.717) is 13.0 Å². The van der Waals surface area contributed by atoms with Gasteiger partial charge in [-0.1, -0.05) is 12.2 Å². The summed E-state index contributed by atoms with van der Waals surface area (Å²) in [5.74, 6) is -0.0635. The Morgan fingerprint density at radius 1 is 0.824 bits per heavy atom. The molecule has 0 aromatic carbocycles. The predicted molar refractivity (Wildman–Crippen MR) is 67.9 cm³/mol. The van der Waals surface area contributed by atoms with E-state index in [2.05, 4.69) is 12.2 Å². The Balaban J connectivity index is 2.19. The van der Waals surface area contributed by atoms with E-state index in [1.807, 2.05) is 0 Å². The molecule has 3 nitrogen and oxygen atoms in total. The highest BCUT2D eigenvalue weighted by Gasteiger charge is 2.01. The van der Waals surface area contributed by atoms with Gasteiger partial charge in [0.1, 0.15) is 0 Å². The van der Waals surface area contributed by atoms with Crippen LogP contribution in [-0.2, 0) is 14.3 Å². The lowest BCUT2D eigenvalue weighted by atomic mass is 10.2. The third-order valence-corrected chi connectivity index (χ3v) is 2.77. The molecular weight excluding hydrogens is 216 g/mol. The molecule has 0 spiro atoms. The number of rotatable bonds is 0. The first kappa shape index (κ1) is 14.2. The molecule has 1 rings (SSSR count). The molecule has 17 heavy (non-hydrogen) atoms. The van der Waals surface area contributed by atoms with Crippen LogP contribution in [0.25, 0.3) is 0 Å². The van der Waals surface area contributed by atoms with Crippen molar-refractivity contribution in [3.63, 3.8) is 0 Å². The van der Waals surface area contributed by atoms with Crippen LogP contribution >= 0.6 is 0 Å². The van der Waals surface area contributed by atoms with Crippen molar-refractivity contribution >= 4 is 5.97 Å². The lowest BCUT2D eigenvalue weighted by Gasteiger charge is -2.06. The zero-order valence-corrected chi connectivity index (χ0v) is 10.7. The van der Waals surface area contributed by atoms with Gasteiger partial charge in [-0.15, -0.1) is 0 Å². The van der Waals surface area contributed by atoms with Crippen molar-refractivity contribution in [2.24, 2.45) is 0 Å². The number of carbonyl (C=O) groups excluding carboxylic acids is 1. The Morgan fingerprint density at radius 3 is 2.29 bits per heavy atom. The van der Waals surface area contributed by atoms with Crippen molar-refractivity contribution in [1.29, 1.82) is 0 Å². The number of carbonyl (C=O) groups is 1. The van der Waals surface area contributed by atoms with E-state index in [0.717, 1.165) is 51.7 Å². The summed E-state index contributed by atoms with van der Waals surface area (Å²) >= 11 is 0. The van der Waals surface area contributed by atoms with Crippen molar-refractivity contribution in [3.8, 4) is 0 Å². The van der Waals surface area contributed by atoms with Crippen molar-refractivity contribution < 1.29 is 14.3 Å². The normalized spacial score (nSPS) is 23.9. The highest BCUT2D eigenvalue weighted by atomic mass is 16.5. The zero-order chi connectivity index (χ0) is 12.2. The molecule has 0 amide bonds. The minimum atomic E-state index is -0.0635. The van der Waals surface area contributed by atoms with E-state index in [1.54, 1.807) is 0 Å². The Morgan fingerprint density at radius 2 is 1.47 bits per heavy atom. The molecule has 0 bridgehead atoms. The van der Waals surface area contributed by atoms with Crippen molar-refractivity contribution in [2.45, 2.75) is 51.4 Å². The van der Waals surface area contributed by atoms with Crippen molar-refractivity contribution in [3.05, 3.63) is 12.2 Å². The van der Waals surface area contributed by atoms with E-state index in [9.17, 15) is 4.79 Å². The fraction of sp³-hybridized carbons (Fsp3) is 0.786. The molecule has 0 aromatic heterocycles. The Kier molecular flexibility index (Phi) is 8.65. The van der Waals surface area contributed by atoms with Gasteiger partial charge in [0.25, 0.3) is 0 Å². The number of cyclic esters (lactones) is 1. The Bertz CT molecular complexity index is 224. The molecule has 0 radical (unpaired) electrons. The van der Waals surface area contributed by atoms with Gasteiger partial charge in [-0.25, -0.2) is 0 Å². The second kappa shape index (κ2) is 10.3. The van der Waals surface area contributed by atoms with Gasteiger partial charge in [0.2, 0.25) is 0 Å². The highest BCUT2D eigenvalue weighted by Crippen LogP contribution is 2.04. The summed E-state index contributed by atoms with van der Waals surface area (Å²) in [6.45, 7) is 2.18. The van der Waals surface area contributed by atoms with Gasteiger partial charge in [-0.05, 0) is 44.9 Å². The first-order chi connectivity index (χ1) is 8.39. The maximum Gasteiger partial charge on any atom is 0.305 e. The number of esters is 1. The molecule has 0 aliphatic carbocycles. The number of ether oxygens (including phenoxy) is 2. The topological polar surface area (TPSA) is 35.5 Å². The Hall–Kier alpha value is -0.830. The fourth-order valence-corrected chi connectivity index (χ4v) is 1.73. The average molecular weight is 240 g/mol. The molecule has 0 atom stereocenters. The van der Waals surface area contributed by atoms with Gasteiger partial charge in [-0.3, -0.25) is 4.79 Å². The van der Waals surface area contributed by atoms with Crippen molar-refractivity contribution in [2.75, 3.05) is 19.8 Å². The standard InChI is InChI=1S/C14H24O3/c15-14-10-6-4-2-1-3-5-7-11-16-12-8-9-13-17-14/h1-2H,3-13H2/b2-1+. The van der Waals surface area contributed by atoms with Crippen LogP contribution in [0.4, 0.5) is 0 Å². The summed E-state index contributed by atoms with van der Waals surface area (Å²) in [5, 5.41) is 0. The van der Waals surface area contributed by atoms with Crippen LogP contribution in [0.15, 0.2) is 12.2 Å². The summed E-state index contributed by atoms with van der Waals surface area (Å²) in [6.07, 6.45) is 12.1. The van der Waals surface area contributed by atoms with Crippen LogP contribution in [0, 0.1) is 0 Å². The molecule has 0 saturated carbocycles. The number of hydrogen-bond acceptors (Lipinski definition) is 3. The largest absolute Gasteiger partial charge is 0.466 e. The molecule has 0 aromatic rings. The third kappa shape index (κ3) is 8.93. The van der Waals surface area contributed by atoms with Crippen LogP contribution in [0.2, 0.25) is 0 Å². The minimum Gasteiger partial charge on any atom is -0.466 e. The molecule has 0 saturated heterocycles. The van der Waals surface area contributed by atoms with E-state index in [1.165, 1.54) is 6.42 Å². The first-order valence-electron chi connectivity index (χ1n) is 6.78. The second-order valence-electron chi connectivity index (χ2n) is 4.40. The van der Waals surface area contributed by atoms with E-state index in [4.69, 9.17) is 9.47 Å². The van der Waals surface area contributed by atoms with Crippen molar-refractivity contribution in [1.82, 2.24) is 0 Å². The van der Waals surface area contributed by atoms with Crippen LogP contribution in [0.5, 0.6) is 0 Å². The van der Waals surface area contributed by atoms with Gasteiger partial charge in [0.15, 0.2) is 0 Å². The van der Waals surface area contributed by atoms with Gasteiger partial charge in [0, 0.05) is 19.6 Å². The number of allylic oxidation sites excluding steroid dienone is 2. The van der Waals surface area contributed by atoms with E-state index in [-0.39, 0.29) is 5.97 Å². The molecule has 3 heteroatoms. The molecule has 1 heterocycles. The maximum atomic E-state index is 11.3. The average Bonchev–Trinajstić information content (AvgIpc) is 2.32. The molecule has 0 fully saturated rings. The van der Waals surface area contributed by atoms with Gasteiger partial charge in [-0.2, -0.15) is 0 Å². The zero-order valence-electron chi connectivity index (χ0n) is 10.7. The third-order valence-electron chi connectivity index (χ3n) is 2.77. The predicted octanol–water partition coefficient (Wildman–Crippen LogP) is 3.24. The fourth-order valence-electron chi connectivity index (χ4n) is 1.73.